The minimum Gasteiger partial charge on any atom is -0.370 e. The third kappa shape index (κ3) is 5.56. The summed E-state index contributed by atoms with van der Waals surface area (Å²) in [6.45, 7) is 4.83. The molecule has 0 radical (unpaired) electrons. The molecule has 1 fully saturated rings. The molecule has 7 nitrogen and oxygen atoms in total. The second-order valence-electron chi connectivity index (χ2n) is 6.85. The van der Waals surface area contributed by atoms with E-state index in [4.69, 9.17) is 4.74 Å². The number of rotatable bonds is 6. The van der Waals surface area contributed by atoms with E-state index < -0.39 is 10.0 Å². The van der Waals surface area contributed by atoms with Crippen LogP contribution in [-0.4, -0.2) is 59.1 Å². The highest BCUT2D eigenvalue weighted by molar-refractivity contribution is 7.89. The minimum absolute atomic E-state index is 0.0138. The lowest BCUT2D eigenvalue weighted by Gasteiger charge is -2.35. The van der Waals surface area contributed by atoms with Gasteiger partial charge in [0.2, 0.25) is 10.0 Å². The maximum absolute atomic E-state index is 12.3. The summed E-state index contributed by atoms with van der Waals surface area (Å²) in [6.07, 6.45) is -0.0138. The van der Waals surface area contributed by atoms with E-state index in [0.29, 0.717) is 19.7 Å². The van der Waals surface area contributed by atoms with Crippen LogP contribution in [0.3, 0.4) is 0 Å². The SMILES string of the molecule is CN=C(NCCNS(=O)(=O)c1ccccc1)N1CCOC(c2ccccc2C)C1. The molecule has 0 spiro atoms. The standard InChI is InChI=1S/C21H28N4O3S/c1-17-8-6-7-11-19(17)20-16-25(14-15-28-20)21(22-2)23-12-13-24-29(26,27)18-9-4-3-5-10-18/h3-11,20,24H,12-16H2,1-2H3,(H,22,23). The molecule has 2 N–H and O–H groups in total. The van der Waals surface area contributed by atoms with Crippen LogP contribution in [0.5, 0.6) is 0 Å². The van der Waals surface area contributed by atoms with Gasteiger partial charge < -0.3 is 15.0 Å². The van der Waals surface area contributed by atoms with Crippen molar-refractivity contribution in [3.05, 3.63) is 65.7 Å². The first-order valence-electron chi connectivity index (χ1n) is 9.68. The average molecular weight is 417 g/mol. The predicted molar refractivity (Wildman–Crippen MR) is 114 cm³/mol. The number of hydrogen-bond donors (Lipinski definition) is 2. The molecule has 0 bridgehead atoms. The quantitative estimate of drug-likeness (QED) is 0.427. The molecule has 1 heterocycles. The van der Waals surface area contributed by atoms with Gasteiger partial charge in [0.25, 0.3) is 0 Å². The Labute approximate surface area is 172 Å². The van der Waals surface area contributed by atoms with E-state index in [-0.39, 0.29) is 17.5 Å². The number of sulfonamides is 1. The Hall–Kier alpha value is -2.42. The van der Waals surface area contributed by atoms with E-state index in [1.54, 1.807) is 37.4 Å². The highest BCUT2D eigenvalue weighted by Gasteiger charge is 2.25. The van der Waals surface area contributed by atoms with Crippen molar-refractivity contribution in [2.24, 2.45) is 4.99 Å². The summed E-state index contributed by atoms with van der Waals surface area (Å²) in [5.74, 6) is 0.741. The summed E-state index contributed by atoms with van der Waals surface area (Å²) in [5.41, 5.74) is 2.39. The Morgan fingerprint density at radius 3 is 2.59 bits per heavy atom. The van der Waals surface area contributed by atoms with Crippen LogP contribution in [0.4, 0.5) is 0 Å². The first-order valence-corrected chi connectivity index (χ1v) is 11.2. The molecule has 0 saturated carbocycles. The average Bonchev–Trinajstić information content (AvgIpc) is 2.75. The Kier molecular flexibility index (Phi) is 7.24. The van der Waals surface area contributed by atoms with Gasteiger partial charge >= 0.3 is 0 Å². The Balaban J connectivity index is 1.53. The summed E-state index contributed by atoms with van der Waals surface area (Å²) in [4.78, 5) is 6.76. The monoisotopic (exact) mass is 416 g/mol. The molecule has 0 aliphatic carbocycles. The van der Waals surface area contributed by atoms with Crippen LogP contribution in [0.25, 0.3) is 0 Å². The van der Waals surface area contributed by atoms with Crippen molar-refractivity contribution in [2.75, 3.05) is 39.8 Å². The number of ether oxygens (including phenoxy) is 1. The third-order valence-corrected chi connectivity index (χ3v) is 6.34. The number of morpholine rings is 1. The number of guanidine groups is 1. The van der Waals surface area contributed by atoms with E-state index in [2.05, 4.69) is 39.0 Å². The summed E-state index contributed by atoms with van der Waals surface area (Å²) in [5, 5.41) is 3.24. The molecular formula is C21H28N4O3S. The first-order chi connectivity index (χ1) is 14.0. The molecule has 156 valence electrons. The van der Waals surface area contributed by atoms with Crippen molar-refractivity contribution in [1.82, 2.24) is 14.9 Å². The molecule has 1 saturated heterocycles. The third-order valence-electron chi connectivity index (χ3n) is 4.87. The van der Waals surface area contributed by atoms with Crippen LogP contribution < -0.4 is 10.0 Å². The van der Waals surface area contributed by atoms with E-state index >= 15 is 0 Å². The van der Waals surface area contributed by atoms with Crippen molar-refractivity contribution in [1.29, 1.82) is 0 Å². The van der Waals surface area contributed by atoms with Crippen LogP contribution in [0.15, 0.2) is 64.5 Å². The van der Waals surface area contributed by atoms with E-state index in [9.17, 15) is 8.42 Å². The second-order valence-corrected chi connectivity index (χ2v) is 8.61. The second kappa shape index (κ2) is 9.87. The maximum Gasteiger partial charge on any atom is 0.240 e. The normalized spacial score (nSPS) is 17.9. The molecule has 29 heavy (non-hydrogen) atoms. The van der Waals surface area contributed by atoms with Crippen LogP contribution >= 0.6 is 0 Å². The molecule has 1 atom stereocenters. The van der Waals surface area contributed by atoms with Crippen molar-refractivity contribution < 1.29 is 13.2 Å². The van der Waals surface area contributed by atoms with Gasteiger partial charge in [-0.25, -0.2) is 13.1 Å². The molecule has 1 unspecified atom stereocenters. The summed E-state index contributed by atoms with van der Waals surface area (Å²) >= 11 is 0. The molecule has 0 aromatic heterocycles. The molecule has 1 aliphatic rings. The van der Waals surface area contributed by atoms with Crippen LogP contribution in [0, 0.1) is 6.92 Å². The summed E-state index contributed by atoms with van der Waals surface area (Å²) < 4.78 is 33.2. The van der Waals surface area contributed by atoms with Crippen LogP contribution in [0.2, 0.25) is 0 Å². The fourth-order valence-corrected chi connectivity index (χ4v) is 4.41. The molecule has 2 aromatic carbocycles. The van der Waals surface area contributed by atoms with Gasteiger partial charge in [0, 0.05) is 26.7 Å². The lowest BCUT2D eigenvalue weighted by Crippen LogP contribution is -2.49. The first kappa shape index (κ1) is 21.3. The summed E-state index contributed by atoms with van der Waals surface area (Å²) in [7, 11) is -1.77. The summed E-state index contributed by atoms with van der Waals surface area (Å²) in [6, 6.07) is 16.6. The van der Waals surface area contributed by atoms with Crippen molar-refractivity contribution in [3.63, 3.8) is 0 Å². The molecule has 2 aromatic rings. The number of nitrogens with one attached hydrogen (secondary N) is 2. The molecule has 8 heteroatoms. The minimum atomic E-state index is -3.50. The lowest BCUT2D eigenvalue weighted by atomic mass is 10.0. The zero-order chi connectivity index (χ0) is 20.7. The van der Waals surface area contributed by atoms with Gasteiger partial charge in [-0.2, -0.15) is 0 Å². The highest BCUT2D eigenvalue weighted by Crippen LogP contribution is 2.24. The number of benzene rings is 2. The molecule has 1 aliphatic heterocycles. The van der Waals surface area contributed by atoms with Gasteiger partial charge in [0.1, 0.15) is 6.10 Å². The lowest BCUT2D eigenvalue weighted by molar-refractivity contribution is -0.00828. The zero-order valence-corrected chi connectivity index (χ0v) is 17.7. The van der Waals surface area contributed by atoms with Crippen molar-refractivity contribution in [3.8, 4) is 0 Å². The largest absolute Gasteiger partial charge is 0.370 e. The van der Waals surface area contributed by atoms with Gasteiger partial charge in [-0.3, -0.25) is 4.99 Å². The Bertz CT molecular complexity index is 932. The predicted octanol–water partition coefficient (Wildman–Crippen LogP) is 1.92. The van der Waals surface area contributed by atoms with Crippen molar-refractivity contribution >= 4 is 16.0 Å². The van der Waals surface area contributed by atoms with Gasteiger partial charge in [0.05, 0.1) is 18.0 Å². The number of aliphatic imine (C=N–C) groups is 1. The van der Waals surface area contributed by atoms with E-state index in [0.717, 1.165) is 12.5 Å². The number of nitrogens with zero attached hydrogens (tertiary/aromatic N) is 2. The zero-order valence-electron chi connectivity index (χ0n) is 16.8. The van der Waals surface area contributed by atoms with Crippen LogP contribution in [-0.2, 0) is 14.8 Å². The topological polar surface area (TPSA) is 83.0 Å². The van der Waals surface area contributed by atoms with Crippen LogP contribution in [0.1, 0.15) is 17.2 Å². The number of aryl methyl sites for hydroxylation is 1. The van der Waals surface area contributed by atoms with Gasteiger partial charge in [-0.05, 0) is 30.2 Å². The molecule has 3 rings (SSSR count). The Morgan fingerprint density at radius 1 is 1.14 bits per heavy atom. The molecule has 0 amide bonds. The molecular weight excluding hydrogens is 388 g/mol. The van der Waals surface area contributed by atoms with Gasteiger partial charge in [0.15, 0.2) is 5.96 Å². The van der Waals surface area contributed by atoms with Gasteiger partial charge in [-0.1, -0.05) is 42.5 Å². The highest BCUT2D eigenvalue weighted by atomic mass is 32.2. The fraction of sp³-hybridized carbons (Fsp3) is 0.381. The van der Waals surface area contributed by atoms with E-state index in [1.807, 2.05) is 12.1 Å². The van der Waals surface area contributed by atoms with Crippen molar-refractivity contribution in [2.45, 2.75) is 17.9 Å². The van der Waals surface area contributed by atoms with Gasteiger partial charge in [-0.15, -0.1) is 0 Å². The smallest absolute Gasteiger partial charge is 0.240 e. The Morgan fingerprint density at radius 2 is 1.86 bits per heavy atom. The maximum atomic E-state index is 12.3. The van der Waals surface area contributed by atoms with E-state index in [1.165, 1.54) is 11.1 Å². The number of hydrogen-bond acceptors (Lipinski definition) is 4. The fourth-order valence-electron chi connectivity index (χ4n) is 3.35.